The number of aromatic nitrogens is 1. The Morgan fingerprint density at radius 1 is 1.26 bits per heavy atom. The number of carbonyl (C=O) groups is 1. The second kappa shape index (κ2) is 6.18. The Balaban J connectivity index is 1.78. The first-order chi connectivity index (χ1) is 11.1. The van der Waals surface area contributed by atoms with E-state index in [9.17, 15) is 9.59 Å². The van der Waals surface area contributed by atoms with Gasteiger partial charge in [0.15, 0.2) is 5.58 Å². The Morgan fingerprint density at radius 2 is 2.04 bits per heavy atom. The van der Waals surface area contributed by atoms with Crippen LogP contribution >= 0.6 is 11.6 Å². The van der Waals surface area contributed by atoms with Gasteiger partial charge in [-0.05, 0) is 30.3 Å². The lowest BCUT2D eigenvalue weighted by Gasteiger charge is -2.10. The van der Waals surface area contributed by atoms with Gasteiger partial charge in [0.1, 0.15) is 12.4 Å². The molecule has 0 atom stereocenters. The molecule has 7 heteroatoms. The monoisotopic (exact) mass is 332 g/mol. The lowest BCUT2D eigenvalue weighted by Crippen LogP contribution is -2.19. The molecule has 6 nitrogen and oxygen atoms in total. The van der Waals surface area contributed by atoms with Crippen molar-refractivity contribution in [2.45, 2.75) is 6.54 Å². The molecule has 0 fully saturated rings. The third kappa shape index (κ3) is 3.07. The van der Waals surface area contributed by atoms with E-state index in [1.54, 1.807) is 30.3 Å². The van der Waals surface area contributed by atoms with E-state index in [0.717, 1.165) is 0 Å². The first-order valence-corrected chi connectivity index (χ1v) is 7.24. The standard InChI is InChI=1S/C16H13ClN2O4/c17-10-5-6-13(11(9-10)15(18)20)22-8-7-19-12-3-1-2-4-14(12)23-16(19)21/h1-6,9H,7-8H2,(H2,18,20). The topological polar surface area (TPSA) is 87.5 Å². The number of nitrogens with two attached hydrogens (primary N) is 1. The lowest BCUT2D eigenvalue weighted by atomic mass is 10.2. The summed E-state index contributed by atoms with van der Waals surface area (Å²) in [6.07, 6.45) is 0. The molecule has 3 rings (SSSR count). The number of oxazole rings is 1. The maximum atomic E-state index is 11.9. The second-order valence-corrected chi connectivity index (χ2v) is 5.28. The first kappa shape index (κ1) is 15.2. The first-order valence-electron chi connectivity index (χ1n) is 6.87. The van der Waals surface area contributed by atoms with Crippen LogP contribution in [0.2, 0.25) is 5.02 Å². The van der Waals surface area contributed by atoms with Crippen LogP contribution in [-0.2, 0) is 6.54 Å². The lowest BCUT2D eigenvalue weighted by molar-refractivity contribution is 0.0996. The Labute approximate surface area is 136 Å². The molecule has 2 N–H and O–H groups in total. The normalized spacial score (nSPS) is 10.8. The highest BCUT2D eigenvalue weighted by Gasteiger charge is 2.12. The van der Waals surface area contributed by atoms with Crippen LogP contribution in [0, 0.1) is 0 Å². The molecule has 1 amide bonds. The number of primary amides is 1. The van der Waals surface area contributed by atoms with Gasteiger partial charge in [0.2, 0.25) is 0 Å². The van der Waals surface area contributed by atoms with Gasteiger partial charge in [-0.25, -0.2) is 4.79 Å². The van der Waals surface area contributed by atoms with Crippen LogP contribution in [-0.4, -0.2) is 17.1 Å². The fraction of sp³-hybridized carbons (Fsp3) is 0.125. The van der Waals surface area contributed by atoms with Crippen LogP contribution in [0.3, 0.4) is 0 Å². The van der Waals surface area contributed by atoms with Crippen molar-refractivity contribution in [1.82, 2.24) is 4.57 Å². The van der Waals surface area contributed by atoms with Crippen molar-refractivity contribution in [1.29, 1.82) is 0 Å². The molecule has 0 unspecified atom stereocenters. The van der Waals surface area contributed by atoms with Crippen LogP contribution in [0.4, 0.5) is 0 Å². The summed E-state index contributed by atoms with van der Waals surface area (Å²) in [7, 11) is 0. The number of fused-ring (bicyclic) bond motifs is 1. The molecule has 118 valence electrons. The van der Waals surface area contributed by atoms with Gasteiger partial charge in [0.25, 0.3) is 5.91 Å². The Hall–Kier alpha value is -2.73. The highest BCUT2D eigenvalue weighted by molar-refractivity contribution is 6.31. The van der Waals surface area contributed by atoms with E-state index >= 15 is 0 Å². The number of rotatable bonds is 5. The van der Waals surface area contributed by atoms with E-state index in [4.69, 9.17) is 26.5 Å². The highest BCUT2D eigenvalue weighted by atomic mass is 35.5. The Bertz CT molecular complexity index is 929. The summed E-state index contributed by atoms with van der Waals surface area (Å²) in [4.78, 5) is 23.3. The molecule has 0 bridgehead atoms. The summed E-state index contributed by atoms with van der Waals surface area (Å²) in [5, 5.41) is 0.392. The minimum atomic E-state index is -0.631. The molecular formula is C16H13ClN2O4. The summed E-state index contributed by atoms with van der Waals surface area (Å²) < 4.78 is 12.2. The molecule has 0 aliphatic heterocycles. The number of halogens is 1. The molecule has 0 radical (unpaired) electrons. The van der Waals surface area contributed by atoms with Gasteiger partial charge < -0.3 is 14.9 Å². The van der Waals surface area contributed by atoms with Crippen LogP contribution in [0.1, 0.15) is 10.4 Å². The zero-order valence-electron chi connectivity index (χ0n) is 12.0. The predicted molar refractivity (Wildman–Crippen MR) is 85.9 cm³/mol. The molecule has 0 saturated carbocycles. The minimum absolute atomic E-state index is 0.172. The van der Waals surface area contributed by atoms with Crippen LogP contribution < -0.4 is 16.2 Å². The summed E-state index contributed by atoms with van der Waals surface area (Å²) in [6.45, 7) is 0.446. The highest BCUT2D eigenvalue weighted by Crippen LogP contribution is 2.22. The van der Waals surface area contributed by atoms with Crippen LogP contribution in [0.25, 0.3) is 11.1 Å². The smallest absolute Gasteiger partial charge is 0.420 e. The summed E-state index contributed by atoms with van der Waals surface area (Å²) in [6, 6.07) is 11.7. The van der Waals surface area contributed by atoms with E-state index in [0.29, 0.717) is 21.9 Å². The van der Waals surface area contributed by atoms with Crippen molar-refractivity contribution in [2.24, 2.45) is 5.73 Å². The van der Waals surface area contributed by atoms with Gasteiger partial charge in [-0.2, -0.15) is 0 Å². The summed E-state index contributed by atoms with van der Waals surface area (Å²) in [5.74, 6) is -0.766. The van der Waals surface area contributed by atoms with Crippen molar-refractivity contribution in [3.63, 3.8) is 0 Å². The average molecular weight is 333 g/mol. The molecule has 2 aromatic carbocycles. The molecule has 23 heavy (non-hydrogen) atoms. The Kier molecular flexibility index (Phi) is 4.08. The molecule has 0 saturated heterocycles. The van der Waals surface area contributed by atoms with E-state index < -0.39 is 11.7 Å². The van der Waals surface area contributed by atoms with Crippen LogP contribution in [0.15, 0.2) is 51.7 Å². The van der Waals surface area contributed by atoms with Gasteiger partial charge in [-0.3, -0.25) is 9.36 Å². The zero-order valence-corrected chi connectivity index (χ0v) is 12.7. The number of hydrogen-bond donors (Lipinski definition) is 1. The van der Waals surface area contributed by atoms with E-state index in [2.05, 4.69) is 0 Å². The van der Waals surface area contributed by atoms with Gasteiger partial charge >= 0.3 is 5.76 Å². The molecule has 3 aromatic rings. The number of nitrogens with zero attached hydrogens (tertiary/aromatic N) is 1. The average Bonchev–Trinajstić information content (AvgIpc) is 2.84. The third-order valence-electron chi connectivity index (χ3n) is 3.35. The SMILES string of the molecule is NC(=O)c1cc(Cl)ccc1OCCn1c(=O)oc2ccccc21. The summed E-state index contributed by atoms with van der Waals surface area (Å²) >= 11 is 5.84. The fourth-order valence-electron chi connectivity index (χ4n) is 2.29. The number of amides is 1. The van der Waals surface area contributed by atoms with Crippen molar-refractivity contribution in [2.75, 3.05) is 6.61 Å². The molecule has 0 aliphatic carbocycles. The fourth-order valence-corrected chi connectivity index (χ4v) is 2.47. The number of hydrogen-bond acceptors (Lipinski definition) is 4. The van der Waals surface area contributed by atoms with Gasteiger partial charge in [-0.15, -0.1) is 0 Å². The third-order valence-corrected chi connectivity index (χ3v) is 3.59. The maximum absolute atomic E-state index is 11.9. The van der Waals surface area contributed by atoms with Crippen molar-refractivity contribution in [3.8, 4) is 5.75 Å². The number of carbonyl (C=O) groups excluding carboxylic acids is 1. The summed E-state index contributed by atoms with van der Waals surface area (Å²) in [5.41, 5.74) is 6.70. The molecule has 0 spiro atoms. The van der Waals surface area contributed by atoms with Crippen molar-refractivity contribution >= 4 is 28.6 Å². The Morgan fingerprint density at radius 3 is 2.83 bits per heavy atom. The molecule has 0 aliphatic rings. The van der Waals surface area contributed by atoms with Crippen molar-refractivity contribution < 1.29 is 13.9 Å². The van der Waals surface area contributed by atoms with Crippen LogP contribution in [0.5, 0.6) is 5.75 Å². The molecule has 1 aromatic heterocycles. The maximum Gasteiger partial charge on any atom is 0.420 e. The number of para-hydroxylation sites is 2. The second-order valence-electron chi connectivity index (χ2n) is 4.84. The van der Waals surface area contributed by atoms with Gasteiger partial charge in [0, 0.05) is 5.02 Å². The van der Waals surface area contributed by atoms with Gasteiger partial charge in [0.05, 0.1) is 17.6 Å². The van der Waals surface area contributed by atoms with E-state index in [-0.39, 0.29) is 18.7 Å². The molecular weight excluding hydrogens is 320 g/mol. The van der Waals surface area contributed by atoms with Gasteiger partial charge in [-0.1, -0.05) is 23.7 Å². The quantitative estimate of drug-likeness (QED) is 0.777. The van der Waals surface area contributed by atoms with E-state index in [1.165, 1.54) is 10.6 Å². The van der Waals surface area contributed by atoms with Crippen molar-refractivity contribution in [3.05, 3.63) is 63.6 Å². The van der Waals surface area contributed by atoms with E-state index in [1.807, 2.05) is 6.07 Å². The molecule has 1 heterocycles. The minimum Gasteiger partial charge on any atom is -0.491 e. The number of benzene rings is 2. The zero-order chi connectivity index (χ0) is 16.4. The predicted octanol–water partition coefficient (Wildman–Crippen LogP) is 2.43. The number of ether oxygens (including phenoxy) is 1. The largest absolute Gasteiger partial charge is 0.491 e.